The lowest BCUT2D eigenvalue weighted by atomic mass is 10.1. The number of carbonyl (C=O) groups is 1. The fourth-order valence-electron chi connectivity index (χ4n) is 2.51. The minimum absolute atomic E-state index is 0.108. The van der Waals surface area contributed by atoms with E-state index in [0.29, 0.717) is 18.0 Å². The average molecular weight is 311 g/mol. The van der Waals surface area contributed by atoms with Crippen molar-refractivity contribution in [1.29, 1.82) is 0 Å². The Hall–Kier alpha value is -1.69. The molecule has 1 fully saturated rings. The molecule has 21 heavy (non-hydrogen) atoms. The highest BCUT2D eigenvalue weighted by Gasteiger charge is 2.34. The molecule has 0 saturated carbocycles. The summed E-state index contributed by atoms with van der Waals surface area (Å²) in [6.07, 6.45) is -0.216. The molecule has 0 aliphatic carbocycles. The molecule has 0 unspecified atom stereocenters. The topological polar surface area (TPSA) is 29.5 Å². The van der Waals surface area contributed by atoms with Gasteiger partial charge < -0.3 is 9.64 Å². The number of anilines is 1. The van der Waals surface area contributed by atoms with E-state index in [0.717, 1.165) is 15.8 Å². The Kier molecular flexibility index (Phi) is 3.57. The van der Waals surface area contributed by atoms with Crippen LogP contribution in [0.5, 0.6) is 0 Å². The normalized spacial score (nSPS) is 18.0. The first kappa shape index (κ1) is 14.3. The number of fused-ring (bicyclic) bond motifs is 1. The van der Waals surface area contributed by atoms with Crippen molar-refractivity contribution in [3.05, 3.63) is 29.1 Å². The molecule has 0 N–H and O–H groups in total. The highest BCUT2D eigenvalue weighted by atomic mass is 32.1. The quantitative estimate of drug-likeness (QED) is 0.787. The van der Waals surface area contributed by atoms with Crippen LogP contribution in [-0.2, 0) is 4.74 Å². The number of ether oxygens (including phenoxy) is 1. The van der Waals surface area contributed by atoms with Gasteiger partial charge in [0.05, 0.1) is 7.11 Å². The van der Waals surface area contributed by atoms with Gasteiger partial charge in [0.1, 0.15) is 4.88 Å². The highest BCUT2D eigenvalue weighted by molar-refractivity contribution is 7.20. The Balaban J connectivity index is 1.86. The van der Waals surface area contributed by atoms with Gasteiger partial charge in [-0.25, -0.2) is 13.6 Å². The second-order valence-electron chi connectivity index (χ2n) is 5.17. The van der Waals surface area contributed by atoms with Crippen LogP contribution in [0.1, 0.15) is 22.5 Å². The zero-order chi connectivity index (χ0) is 15.0. The molecule has 6 heteroatoms. The molecule has 2 heterocycles. The van der Waals surface area contributed by atoms with Crippen molar-refractivity contribution < 1.29 is 18.3 Å². The molecule has 2 aromatic rings. The van der Waals surface area contributed by atoms with E-state index in [9.17, 15) is 13.6 Å². The van der Waals surface area contributed by atoms with E-state index in [1.165, 1.54) is 18.4 Å². The SMILES string of the molecule is COC(=O)c1cc2ccc(N3CCC(F)(F)CC3)cc2s1. The third-order valence-electron chi connectivity index (χ3n) is 3.75. The predicted molar refractivity (Wildman–Crippen MR) is 79.6 cm³/mol. The van der Waals surface area contributed by atoms with Gasteiger partial charge in [0.2, 0.25) is 0 Å². The van der Waals surface area contributed by atoms with Crippen molar-refractivity contribution >= 4 is 33.1 Å². The summed E-state index contributed by atoms with van der Waals surface area (Å²) in [6, 6.07) is 7.58. The Bertz CT molecular complexity index is 673. The maximum Gasteiger partial charge on any atom is 0.348 e. The maximum atomic E-state index is 13.2. The number of hydrogen-bond donors (Lipinski definition) is 0. The van der Waals surface area contributed by atoms with Crippen LogP contribution in [0.4, 0.5) is 14.5 Å². The smallest absolute Gasteiger partial charge is 0.348 e. The molecule has 1 aliphatic heterocycles. The number of benzene rings is 1. The van der Waals surface area contributed by atoms with Crippen molar-refractivity contribution in [2.24, 2.45) is 0 Å². The number of thiophene rings is 1. The van der Waals surface area contributed by atoms with Crippen LogP contribution in [0.2, 0.25) is 0 Å². The first-order valence-corrected chi connectivity index (χ1v) is 7.55. The summed E-state index contributed by atoms with van der Waals surface area (Å²) in [5.74, 6) is -2.89. The van der Waals surface area contributed by atoms with Gasteiger partial charge in [0, 0.05) is 36.3 Å². The number of esters is 1. The van der Waals surface area contributed by atoms with E-state index >= 15 is 0 Å². The summed E-state index contributed by atoms with van der Waals surface area (Å²) in [5, 5.41) is 0.964. The number of carbonyl (C=O) groups excluding carboxylic acids is 1. The van der Waals surface area contributed by atoms with Gasteiger partial charge in [-0.1, -0.05) is 6.07 Å². The Morgan fingerprint density at radius 2 is 2.00 bits per heavy atom. The minimum atomic E-state index is -2.54. The van der Waals surface area contributed by atoms with Crippen molar-refractivity contribution in [2.45, 2.75) is 18.8 Å². The van der Waals surface area contributed by atoms with E-state index in [2.05, 4.69) is 0 Å². The third kappa shape index (κ3) is 2.85. The Labute approximate surface area is 125 Å². The first-order valence-electron chi connectivity index (χ1n) is 6.73. The average Bonchev–Trinajstić information content (AvgIpc) is 2.89. The van der Waals surface area contributed by atoms with Gasteiger partial charge in [0.15, 0.2) is 0 Å². The maximum absolute atomic E-state index is 13.2. The number of hydrogen-bond acceptors (Lipinski definition) is 4. The molecule has 0 atom stereocenters. The van der Waals surface area contributed by atoms with Crippen LogP contribution in [0.25, 0.3) is 10.1 Å². The van der Waals surface area contributed by atoms with Gasteiger partial charge in [-0.2, -0.15) is 0 Å². The van der Waals surface area contributed by atoms with Crippen LogP contribution in [-0.4, -0.2) is 32.1 Å². The monoisotopic (exact) mass is 311 g/mol. The van der Waals surface area contributed by atoms with Crippen LogP contribution in [0.3, 0.4) is 0 Å². The molecule has 1 aromatic carbocycles. The number of piperidine rings is 1. The number of alkyl halides is 2. The van der Waals surface area contributed by atoms with E-state index in [1.54, 1.807) is 6.07 Å². The van der Waals surface area contributed by atoms with E-state index in [1.807, 2.05) is 23.1 Å². The Morgan fingerprint density at radius 1 is 1.29 bits per heavy atom. The second kappa shape index (κ2) is 5.26. The summed E-state index contributed by atoms with van der Waals surface area (Å²) in [4.78, 5) is 14.1. The number of methoxy groups -OCH3 is 1. The lowest BCUT2D eigenvalue weighted by Crippen LogP contribution is -2.39. The van der Waals surface area contributed by atoms with Crippen molar-refractivity contribution in [3.8, 4) is 0 Å². The number of nitrogens with zero attached hydrogens (tertiary/aromatic N) is 1. The van der Waals surface area contributed by atoms with Crippen LogP contribution in [0, 0.1) is 0 Å². The second-order valence-corrected chi connectivity index (χ2v) is 6.25. The summed E-state index contributed by atoms with van der Waals surface area (Å²) < 4.78 is 32.1. The van der Waals surface area contributed by atoms with Gasteiger partial charge in [-0.3, -0.25) is 0 Å². The highest BCUT2D eigenvalue weighted by Crippen LogP contribution is 2.34. The molecule has 0 spiro atoms. The van der Waals surface area contributed by atoms with Crippen molar-refractivity contribution in [2.75, 3.05) is 25.1 Å². The largest absolute Gasteiger partial charge is 0.465 e. The molecule has 3 nitrogen and oxygen atoms in total. The molecule has 1 aromatic heterocycles. The molecule has 1 saturated heterocycles. The third-order valence-corrected chi connectivity index (χ3v) is 4.83. The predicted octanol–water partition coefficient (Wildman–Crippen LogP) is 3.92. The molecular formula is C15H15F2NO2S. The summed E-state index contributed by atoms with van der Waals surface area (Å²) >= 11 is 1.36. The fraction of sp³-hybridized carbons (Fsp3) is 0.400. The van der Waals surface area contributed by atoms with E-state index in [-0.39, 0.29) is 18.8 Å². The van der Waals surface area contributed by atoms with Crippen LogP contribution in [0.15, 0.2) is 24.3 Å². The van der Waals surface area contributed by atoms with E-state index < -0.39 is 5.92 Å². The standard InChI is InChI=1S/C15H15F2NO2S/c1-20-14(19)13-8-10-2-3-11(9-12(10)21-13)18-6-4-15(16,17)5-7-18/h2-3,8-9H,4-7H2,1H3. The molecule has 0 radical (unpaired) electrons. The van der Waals surface area contributed by atoms with E-state index in [4.69, 9.17) is 4.74 Å². The number of halogens is 2. The first-order chi connectivity index (χ1) is 9.98. The van der Waals surface area contributed by atoms with Gasteiger partial charge in [-0.15, -0.1) is 11.3 Å². The van der Waals surface area contributed by atoms with Crippen molar-refractivity contribution in [3.63, 3.8) is 0 Å². The van der Waals surface area contributed by atoms with Gasteiger partial charge in [-0.05, 0) is 23.6 Å². The van der Waals surface area contributed by atoms with Crippen LogP contribution >= 0.6 is 11.3 Å². The van der Waals surface area contributed by atoms with Gasteiger partial charge >= 0.3 is 5.97 Å². The zero-order valence-electron chi connectivity index (χ0n) is 11.6. The summed E-state index contributed by atoms with van der Waals surface area (Å²) in [7, 11) is 1.35. The fourth-order valence-corrected chi connectivity index (χ4v) is 3.52. The molecule has 0 amide bonds. The Morgan fingerprint density at radius 3 is 2.67 bits per heavy atom. The van der Waals surface area contributed by atoms with Crippen LogP contribution < -0.4 is 4.90 Å². The van der Waals surface area contributed by atoms with Crippen molar-refractivity contribution in [1.82, 2.24) is 0 Å². The minimum Gasteiger partial charge on any atom is -0.465 e. The molecule has 0 bridgehead atoms. The molecule has 3 rings (SSSR count). The summed E-state index contributed by atoms with van der Waals surface area (Å²) in [6.45, 7) is 0.710. The molecular weight excluding hydrogens is 296 g/mol. The lowest BCUT2D eigenvalue weighted by molar-refractivity contribution is -0.0220. The van der Waals surface area contributed by atoms with Gasteiger partial charge in [0.25, 0.3) is 5.92 Å². The molecule has 112 valence electrons. The summed E-state index contributed by atoms with van der Waals surface area (Å²) in [5.41, 5.74) is 0.927. The lowest BCUT2D eigenvalue weighted by Gasteiger charge is -2.33. The number of rotatable bonds is 2. The molecule has 1 aliphatic rings. The zero-order valence-corrected chi connectivity index (χ0v) is 12.4.